The number of fused-ring (bicyclic) bond motifs is 1. The minimum absolute atomic E-state index is 0.168. The molecule has 2 unspecified atom stereocenters. The van der Waals surface area contributed by atoms with E-state index < -0.39 is 5.91 Å². The molecular weight excluding hydrogens is 342 g/mol. The molecule has 7 nitrogen and oxygen atoms in total. The van der Waals surface area contributed by atoms with Gasteiger partial charge in [-0.3, -0.25) is 9.59 Å². The monoisotopic (exact) mass is 363 g/mol. The molecule has 2 aromatic rings. The Kier molecular flexibility index (Phi) is 3.47. The maximum Gasteiger partial charge on any atom is 0.251 e. The smallest absolute Gasteiger partial charge is 0.251 e. The van der Waals surface area contributed by atoms with Crippen molar-refractivity contribution in [3.05, 3.63) is 53.9 Å². The van der Waals surface area contributed by atoms with Crippen LogP contribution in [-0.2, 0) is 10.2 Å². The SMILES string of the molecule is NC(=O)c1cnc(N2CC3C(C2)C3NC(=O)C2(c3ccccc3)CC2)nc1. The third-order valence-electron chi connectivity index (χ3n) is 6.21. The zero-order valence-electron chi connectivity index (χ0n) is 14.8. The van der Waals surface area contributed by atoms with Gasteiger partial charge in [-0.25, -0.2) is 9.97 Å². The Labute approximate surface area is 157 Å². The van der Waals surface area contributed by atoms with Crippen molar-refractivity contribution >= 4 is 17.8 Å². The summed E-state index contributed by atoms with van der Waals surface area (Å²) in [5.74, 6) is 1.14. The fourth-order valence-corrected chi connectivity index (χ4v) is 4.33. The molecule has 5 rings (SSSR count). The Hall–Kier alpha value is -2.96. The molecule has 3 N–H and O–H groups in total. The molecule has 138 valence electrons. The second-order valence-electron chi connectivity index (χ2n) is 7.82. The first kappa shape index (κ1) is 16.2. The molecule has 2 amide bonds. The van der Waals surface area contributed by atoms with Crippen LogP contribution in [0.15, 0.2) is 42.7 Å². The molecule has 2 aliphatic carbocycles. The van der Waals surface area contributed by atoms with E-state index in [1.807, 2.05) is 18.2 Å². The van der Waals surface area contributed by atoms with Gasteiger partial charge in [-0.05, 0) is 18.4 Å². The van der Waals surface area contributed by atoms with Crippen molar-refractivity contribution in [2.75, 3.05) is 18.0 Å². The number of primary amides is 1. The first-order chi connectivity index (χ1) is 13.1. The van der Waals surface area contributed by atoms with Crippen LogP contribution in [0.4, 0.5) is 5.95 Å². The molecule has 2 saturated carbocycles. The predicted molar refractivity (Wildman–Crippen MR) is 99.0 cm³/mol. The van der Waals surface area contributed by atoms with E-state index in [1.165, 1.54) is 12.4 Å². The first-order valence-electron chi connectivity index (χ1n) is 9.32. The Balaban J connectivity index is 1.20. The van der Waals surface area contributed by atoms with Gasteiger partial charge < -0.3 is 16.0 Å². The van der Waals surface area contributed by atoms with Gasteiger partial charge in [-0.2, -0.15) is 0 Å². The van der Waals surface area contributed by atoms with E-state index in [4.69, 9.17) is 5.73 Å². The Morgan fingerprint density at radius 2 is 1.70 bits per heavy atom. The molecule has 0 spiro atoms. The summed E-state index contributed by atoms with van der Waals surface area (Å²) in [6.07, 6.45) is 4.78. The highest BCUT2D eigenvalue weighted by atomic mass is 16.2. The zero-order chi connectivity index (χ0) is 18.6. The highest BCUT2D eigenvalue weighted by Gasteiger charge is 2.60. The zero-order valence-corrected chi connectivity index (χ0v) is 14.8. The number of rotatable bonds is 5. The molecule has 1 aromatic carbocycles. The fraction of sp³-hybridized carbons (Fsp3) is 0.400. The predicted octanol–water partition coefficient (Wildman–Crippen LogP) is 0.858. The lowest BCUT2D eigenvalue weighted by atomic mass is 9.95. The molecular formula is C20H21N5O2. The van der Waals surface area contributed by atoms with E-state index in [0.29, 0.717) is 23.3 Å². The normalized spacial score (nSPS) is 27.0. The van der Waals surface area contributed by atoms with Crippen molar-refractivity contribution in [2.24, 2.45) is 17.6 Å². The lowest BCUT2D eigenvalue weighted by molar-refractivity contribution is -0.123. The average molecular weight is 363 g/mol. The lowest BCUT2D eigenvalue weighted by Crippen LogP contribution is -2.40. The summed E-state index contributed by atoms with van der Waals surface area (Å²) in [5.41, 5.74) is 6.34. The summed E-state index contributed by atoms with van der Waals surface area (Å²) >= 11 is 0. The van der Waals surface area contributed by atoms with Gasteiger partial charge in [-0.15, -0.1) is 0 Å². The molecule has 27 heavy (non-hydrogen) atoms. The van der Waals surface area contributed by atoms with E-state index >= 15 is 0 Å². The molecule has 1 aromatic heterocycles. The summed E-state index contributed by atoms with van der Waals surface area (Å²) in [6, 6.07) is 10.3. The Morgan fingerprint density at radius 3 is 2.26 bits per heavy atom. The van der Waals surface area contributed by atoms with Crippen LogP contribution in [0, 0.1) is 11.8 Å². The van der Waals surface area contributed by atoms with Gasteiger partial charge in [0.2, 0.25) is 11.9 Å². The summed E-state index contributed by atoms with van der Waals surface area (Å²) in [7, 11) is 0. The first-order valence-corrected chi connectivity index (χ1v) is 9.32. The second kappa shape index (κ2) is 5.77. The van der Waals surface area contributed by atoms with Crippen LogP contribution in [0.2, 0.25) is 0 Å². The third-order valence-corrected chi connectivity index (χ3v) is 6.21. The second-order valence-corrected chi connectivity index (χ2v) is 7.82. The number of amides is 2. The number of nitrogens with one attached hydrogen (secondary N) is 1. The van der Waals surface area contributed by atoms with Gasteiger partial charge in [0, 0.05) is 43.4 Å². The number of aromatic nitrogens is 2. The minimum Gasteiger partial charge on any atom is -0.366 e. The fourth-order valence-electron chi connectivity index (χ4n) is 4.33. The van der Waals surface area contributed by atoms with Crippen LogP contribution >= 0.6 is 0 Å². The summed E-state index contributed by atoms with van der Waals surface area (Å²) in [6.45, 7) is 1.65. The Bertz CT molecular complexity index is 882. The maximum atomic E-state index is 12.9. The van der Waals surface area contributed by atoms with Crippen LogP contribution < -0.4 is 16.0 Å². The maximum absolute atomic E-state index is 12.9. The molecule has 0 bridgehead atoms. The van der Waals surface area contributed by atoms with Gasteiger partial charge in [0.1, 0.15) is 0 Å². The van der Waals surface area contributed by atoms with E-state index in [9.17, 15) is 9.59 Å². The van der Waals surface area contributed by atoms with Crippen LogP contribution in [0.1, 0.15) is 28.8 Å². The van der Waals surface area contributed by atoms with Gasteiger partial charge in [0.25, 0.3) is 5.91 Å². The van der Waals surface area contributed by atoms with E-state index in [0.717, 1.165) is 31.5 Å². The van der Waals surface area contributed by atoms with Crippen LogP contribution in [0.5, 0.6) is 0 Å². The number of benzene rings is 1. The highest BCUT2D eigenvalue weighted by molar-refractivity contribution is 5.92. The standard InChI is InChI=1S/C20H21N5O2/c21-17(26)12-8-22-19(23-9-12)25-10-14-15(11-25)16(14)24-18(27)20(6-7-20)13-4-2-1-3-5-13/h1-5,8-9,14-16H,6-7,10-11H2,(H2,21,26)(H,24,27). The highest BCUT2D eigenvalue weighted by Crippen LogP contribution is 2.51. The van der Waals surface area contributed by atoms with Gasteiger partial charge in [-0.1, -0.05) is 30.3 Å². The topological polar surface area (TPSA) is 101 Å². The van der Waals surface area contributed by atoms with Gasteiger partial charge in [0.05, 0.1) is 11.0 Å². The summed E-state index contributed by atoms with van der Waals surface area (Å²) in [4.78, 5) is 34.6. The van der Waals surface area contributed by atoms with E-state index in [1.54, 1.807) is 0 Å². The number of carbonyl (C=O) groups excluding carboxylic acids is 2. The van der Waals surface area contributed by atoms with E-state index in [-0.39, 0.29) is 17.4 Å². The molecule has 2 heterocycles. The van der Waals surface area contributed by atoms with Crippen LogP contribution in [-0.4, -0.2) is 40.9 Å². The Morgan fingerprint density at radius 1 is 1.07 bits per heavy atom. The van der Waals surface area contributed by atoms with Crippen LogP contribution in [0.3, 0.4) is 0 Å². The van der Waals surface area contributed by atoms with Crippen molar-refractivity contribution in [3.63, 3.8) is 0 Å². The summed E-state index contributed by atoms with van der Waals surface area (Å²) < 4.78 is 0. The van der Waals surface area contributed by atoms with Crippen molar-refractivity contribution in [1.29, 1.82) is 0 Å². The van der Waals surface area contributed by atoms with Crippen LogP contribution in [0.25, 0.3) is 0 Å². The third kappa shape index (κ3) is 2.65. The number of hydrogen-bond donors (Lipinski definition) is 2. The molecule has 3 aliphatic rings. The van der Waals surface area contributed by atoms with Crippen molar-refractivity contribution in [2.45, 2.75) is 24.3 Å². The lowest BCUT2D eigenvalue weighted by Gasteiger charge is -2.21. The van der Waals surface area contributed by atoms with Gasteiger partial charge in [0.15, 0.2) is 0 Å². The summed E-state index contributed by atoms with van der Waals surface area (Å²) in [5, 5.41) is 3.29. The number of nitrogens with zero attached hydrogens (tertiary/aromatic N) is 3. The molecule has 0 radical (unpaired) electrons. The molecule has 3 fully saturated rings. The van der Waals surface area contributed by atoms with Crippen molar-refractivity contribution in [1.82, 2.24) is 15.3 Å². The largest absolute Gasteiger partial charge is 0.366 e. The van der Waals surface area contributed by atoms with E-state index in [2.05, 4.69) is 32.3 Å². The minimum atomic E-state index is -0.527. The number of hydrogen-bond acceptors (Lipinski definition) is 5. The average Bonchev–Trinajstić information content (AvgIpc) is 3.58. The quantitative estimate of drug-likeness (QED) is 0.820. The van der Waals surface area contributed by atoms with Crippen molar-refractivity contribution < 1.29 is 9.59 Å². The molecule has 1 saturated heterocycles. The number of nitrogens with two attached hydrogens (primary N) is 1. The van der Waals surface area contributed by atoms with Gasteiger partial charge >= 0.3 is 0 Å². The number of carbonyl (C=O) groups is 2. The molecule has 2 atom stereocenters. The van der Waals surface area contributed by atoms with Crippen molar-refractivity contribution in [3.8, 4) is 0 Å². The molecule has 7 heteroatoms. The molecule has 1 aliphatic heterocycles. The number of anilines is 1. The number of piperidine rings is 1.